The second-order valence-corrected chi connectivity index (χ2v) is 4.57. The fourth-order valence-corrected chi connectivity index (χ4v) is 2.22. The van der Waals surface area contributed by atoms with Crippen LogP contribution >= 0.6 is 0 Å². The van der Waals surface area contributed by atoms with E-state index in [2.05, 4.69) is 12.2 Å². The van der Waals surface area contributed by atoms with Crippen LogP contribution in [0.3, 0.4) is 0 Å². The molecule has 0 amide bonds. The molecule has 0 aromatic rings. The summed E-state index contributed by atoms with van der Waals surface area (Å²) in [7, 11) is 0. The molecule has 2 atom stereocenters. The van der Waals surface area contributed by atoms with Gasteiger partial charge in [-0.25, -0.2) is 4.39 Å². The summed E-state index contributed by atoms with van der Waals surface area (Å²) in [4.78, 5) is 0. The summed E-state index contributed by atoms with van der Waals surface area (Å²) in [5, 5.41) is 12.3. The number of nitriles is 1. The Morgan fingerprint density at radius 1 is 1.62 bits per heavy atom. The van der Waals surface area contributed by atoms with E-state index in [9.17, 15) is 4.39 Å². The second-order valence-electron chi connectivity index (χ2n) is 4.57. The number of nitrogens with one attached hydrogen (secondary N) is 1. The maximum Gasteiger partial charge on any atom is 0.123 e. The van der Waals surface area contributed by atoms with E-state index in [0.29, 0.717) is 12.5 Å². The lowest BCUT2D eigenvalue weighted by atomic mass is 9.87. The predicted molar refractivity (Wildman–Crippen MR) is 61.2 cm³/mol. The smallest absolute Gasteiger partial charge is 0.123 e. The fourth-order valence-electron chi connectivity index (χ4n) is 2.22. The van der Waals surface area contributed by atoms with E-state index in [-0.39, 0.29) is 23.4 Å². The summed E-state index contributed by atoms with van der Waals surface area (Å²) in [6.45, 7) is 2.07. The Labute approximate surface area is 95.8 Å². The van der Waals surface area contributed by atoms with Crippen LogP contribution in [0.15, 0.2) is 23.6 Å². The first kappa shape index (κ1) is 11.3. The van der Waals surface area contributed by atoms with Crippen LogP contribution in [-0.2, 0) is 0 Å². The molecule has 0 saturated heterocycles. The molecule has 1 saturated carbocycles. The van der Waals surface area contributed by atoms with Crippen LogP contribution in [0.25, 0.3) is 0 Å². The summed E-state index contributed by atoms with van der Waals surface area (Å²) in [5.74, 6) is -0.379. The molecule has 2 unspecified atom stereocenters. The Balaban J connectivity index is 2.10. The van der Waals surface area contributed by atoms with Crippen molar-refractivity contribution in [3.8, 4) is 6.07 Å². The zero-order chi connectivity index (χ0) is 11.5. The van der Waals surface area contributed by atoms with Gasteiger partial charge in [0.25, 0.3) is 0 Å². The molecule has 3 heteroatoms. The minimum atomic E-state index is -0.231. The maximum atomic E-state index is 14.0. The van der Waals surface area contributed by atoms with Gasteiger partial charge in [-0.3, -0.25) is 0 Å². The summed E-state index contributed by atoms with van der Waals surface area (Å²) in [5.41, 5.74) is 0.201. The lowest BCUT2D eigenvalue weighted by Crippen LogP contribution is -2.38. The van der Waals surface area contributed by atoms with E-state index >= 15 is 0 Å². The van der Waals surface area contributed by atoms with Gasteiger partial charge in [0, 0.05) is 18.0 Å². The molecule has 2 rings (SSSR count). The first-order chi connectivity index (χ1) is 7.76. The van der Waals surface area contributed by atoms with Gasteiger partial charge in [-0.2, -0.15) is 5.26 Å². The Bertz CT molecular complexity index is 361. The largest absolute Gasteiger partial charge is 0.311 e. The van der Waals surface area contributed by atoms with E-state index < -0.39 is 0 Å². The van der Waals surface area contributed by atoms with E-state index in [1.807, 2.05) is 12.1 Å². The van der Waals surface area contributed by atoms with Gasteiger partial charge in [0.2, 0.25) is 0 Å². The highest BCUT2D eigenvalue weighted by atomic mass is 19.1. The number of hydrogen-bond acceptors (Lipinski definition) is 2. The van der Waals surface area contributed by atoms with E-state index in [1.54, 1.807) is 6.08 Å². The zero-order valence-corrected chi connectivity index (χ0v) is 9.54. The molecule has 16 heavy (non-hydrogen) atoms. The third-order valence-electron chi connectivity index (χ3n) is 3.33. The van der Waals surface area contributed by atoms with Crippen molar-refractivity contribution in [1.29, 1.82) is 5.26 Å². The molecule has 0 radical (unpaired) electrons. The van der Waals surface area contributed by atoms with Crippen molar-refractivity contribution < 1.29 is 4.39 Å². The molecule has 1 N–H and O–H groups in total. The molecule has 1 fully saturated rings. The topological polar surface area (TPSA) is 35.8 Å². The Morgan fingerprint density at radius 3 is 2.94 bits per heavy atom. The monoisotopic (exact) mass is 220 g/mol. The van der Waals surface area contributed by atoms with Crippen LogP contribution in [0, 0.1) is 17.2 Å². The summed E-state index contributed by atoms with van der Waals surface area (Å²) in [6.07, 6.45) is 7.51. The van der Waals surface area contributed by atoms with Crippen LogP contribution in [0.2, 0.25) is 0 Å². The van der Waals surface area contributed by atoms with E-state index in [4.69, 9.17) is 5.26 Å². The Morgan fingerprint density at radius 2 is 2.38 bits per heavy atom. The maximum absolute atomic E-state index is 14.0. The van der Waals surface area contributed by atoms with E-state index in [0.717, 1.165) is 6.42 Å². The standard InChI is InChI=1S/C13H17FN2/c1-2-12(16-10-6-7-10)11-5-3-4-9(8-15)13(11)14/h3-4,10-12,16H,2,5-7H2,1H3. The first-order valence-electron chi connectivity index (χ1n) is 5.98. The summed E-state index contributed by atoms with van der Waals surface area (Å²) < 4.78 is 14.0. The molecule has 0 bridgehead atoms. The number of rotatable bonds is 4. The van der Waals surface area contributed by atoms with E-state index in [1.165, 1.54) is 12.8 Å². The van der Waals surface area contributed by atoms with Crippen LogP contribution in [0.5, 0.6) is 0 Å². The molecule has 0 aromatic carbocycles. The van der Waals surface area contributed by atoms with Crippen LogP contribution in [0.1, 0.15) is 32.6 Å². The highest BCUT2D eigenvalue weighted by Gasteiger charge is 2.32. The lowest BCUT2D eigenvalue weighted by molar-refractivity contribution is 0.330. The van der Waals surface area contributed by atoms with Crippen molar-refractivity contribution in [2.24, 2.45) is 5.92 Å². The Hall–Kier alpha value is -1.14. The molecule has 0 aliphatic heterocycles. The van der Waals surface area contributed by atoms with Crippen molar-refractivity contribution in [3.63, 3.8) is 0 Å². The summed E-state index contributed by atoms with van der Waals surface area (Å²) in [6, 6.07) is 2.67. The number of halogens is 1. The fraction of sp³-hybridized carbons (Fsp3) is 0.615. The average Bonchev–Trinajstić information content (AvgIpc) is 3.10. The molecular formula is C13H17FN2. The second kappa shape index (κ2) is 4.80. The van der Waals surface area contributed by atoms with Gasteiger partial charge in [0.05, 0.1) is 5.57 Å². The van der Waals surface area contributed by atoms with Gasteiger partial charge >= 0.3 is 0 Å². The van der Waals surface area contributed by atoms with Crippen LogP contribution in [-0.4, -0.2) is 12.1 Å². The first-order valence-corrected chi connectivity index (χ1v) is 5.98. The molecule has 2 aliphatic rings. The molecule has 86 valence electrons. The van der Waals surface area contributed by atoms with Gasteiger partial charge in [0.15, 0.2) is 0 Å². The van der Waals surface area contributed by atoms with Crippen molar-refractivity contribution in [1.82, 2.24) is 5.32 Å². The van der Waals surface area contributed by atoms with Crippen molar-refractivity contribution in [3.05, 3.63) is 23.6 Å². The minimum absolute atomic E-state index is 0.148. The average molecular weight is 220 g/mol. The van der Waals surface area contributed by atoms with Crippen molar-refractivity contribution in [2.45, 2.75) is 44.7 Å². The van der Waals surface area contributed by atoms with Crippen molar-refractivity contribution in [2.75, 3.05) is 0 Å². The molecular weight excluding hydrogens is 203 g/mol. The van der Waals surface area contributed by atoms with Crippen molar-refractivity contribution >= 4 is 0 Å². The van der Waals surface area contributed by atoms with Gasteiger partial charge < -0.3 is 5.32 Å². The number of hydrogen-bond donors (Lipinski definition) is 1. The lowest BCUT2D eigenvalue weighted by Gasteiger charge is -2.27. The third kappa shape index (κ3) is 2.33. The molecule has 2 nitrogen and oxygen atoms in total. The minimum Gasteiger partial charge on any atom is -0.311 e. The zero-order valence-electron chi connectivity index (χ0n) is 9.54. The molecule has 0 spiro atoms. The molecule has 0 heterocycles. The van der Waals surface area contributed by atoms with Crippen LogP contribution < -0.4 is 5.32 Å². The van der Waals surface area contributed by atoms with Gasteiger partial charge in [-0.1, -0.05) is 13.0 Å². The predicted octanol–water partition coefficient (Wildman–Crippen LogP) is 2.84. The van der Waals surface area contributed by atoms with Gasteiger partial charge in [0.1, 0.15) is 11.9 Å². The Kier molecular flexibility index (Phi) is 3.40. The SMILES string of the molecule is CCC(NC1CC1)C1CC=CC(C#N)=C1F. The van der Waals surface area contributed by atoms with Crippen LogP contribution in [0.4, 0.5) is 4.39 Å². The quantitative estimate of drug-likeness (QED) is 0.790. The van der Waals surface area contributed by atoms with Gasteiger partial charge in [-0.05, 0) is 31.8 Å². The molecule has 0 aromatic heterocycles. The highest BCUT2D eigenvalue weighted by molar-refractivity contribution is 5.39. The summed E-state index contributed by atoms with van der Waals surface area (Å²) >= 11 is 0. The highest BCUT2D eigenvalue weighted by Crippen LogP contribution is 2.32. The number of allylic oxidation sites excluding steroid dienone is 3. The molecule has 2 aliphatic carbocycles. The third-order valence-corrected chi connectivity index (χ3v) is 3.33. The number of nitrogens with zero attached hydrogens (tertiary/aromatic N) is 1. The normalized spacial score (nSPS) is 26.7. The van der Waals surface area contributed by atoms with Gasteiger partial charge in [-0.15, -0.1) is 0 Å².